The smallest absolute Gasteiger partial charge is 0.151 e. The lowest BCUT2D eigenvalue weighted by Crippen LogP contribution is -2.50. The zero-order valence-corrected chi connectivity index (χ0v) is 16.6. The number of hydrogen-bond donors (Lipinski definition) is 1. The van der Waals surface area contributed by atoms with Crippen LogP contribution in [0.4, 0.5) is 5.82 Å². The highest BCUT2D eigenvalue weighted by Crippen LogP contribution is 2.21. The van der Waals surface area contributed by atoms with Crippen LogP contribution in [0.2, 0.25) is 0 Å². The number of aliphatic hydroxyl groups excluding tert-OH is 1. The third-order valence-electron chi connectivity index (χ3n) is 5.20. The van der Waals surface area contributed by atoms with Gasteiger partial charge in [0.25, 0.3) is 0 Å². The summed E-state index contributed by atoms with van der Waals surface area (Å²) in [6.07, 6.45) is 10.0. The normalized spacial score (nSPS) is 21.8. The maximum atomic E-state index is 9.56. The first-order chi connectivity index (χ1) is 13.6. The summed E-state index contributed by atoms with van der Waals surface area (Å²) in [5, 5.41) is 17.9. The molecule has 0 aromatic carbocycles. The van der Waals surface area contributed by atoms with Crippen LogP contribution in [0, 0.1) is 0 Å². The number of rotatable bonds is 6. The van der Waals surface area contributed by atoms with Crippen LogP contribution in [-0.4, -0.2) is 64.9 Å². The van der Waals surface area contributed by atoms with Gasteiger partial charge in [-0.05, 0) is 44.3 Å². The maximum absolute atomic E-state index is 9.56. The van der Waals surface area contributed by atoms with Crippen molar-refractivity contribution < 1.29 is 5.11 Å². The molecule has 28 heavy (non-hydrogen) atoms. The van der Waals surface area contributed by atoms with E-state index in [0.29, 0.717) is 11.7 Å². The summed E-state index contributed by atoms with van der Waals surface area (Å²) < 4.78 is 0. The highest BCUT2D eigenvalue weighted by Gasteiger charge is 2.24. The minimum atomic E-state index is -0.587. The van der Waals surface area contributed by atoms with E-state index in [1.807, 2.05) is 12.1 Å². The summed E-state index contributed by atoms with van der Waals surface area (Å²) in [7, 11) is 0. The molecule has 0 bridgehead atoms. The molecule has 1 fully saturated rings. The van der Waals surface area contributed by atoms with E-state index >= 15 is 0 Å². The molecule has 0 saturated carbocycles. The van der Waals surface area contributed by atoms with E-state index in [1.54, 1.807) is 19.3 Å². The second-order valence-corrected chi connectivity index (χ2v) is 7.03. The van der Waals surface area contributed by atoms with Gasteiger partial charge in [0.15, 0.2) is 5.82 Å². The quantitative estimate of drug-likeness (QED) is 0.768. The number of piperazine rings is 1. The Morgan fingerprint density at radius 2 is 1.89 bits per heavy atom. The molecule has 1 aliphatic heterocycles. The van der Waals surface area contributed by atoms with Crippen molar-refractivity contribution >= 4 is 18.2 Å². The van der Waals surface area contributed by atoms with Crippen LogP contribution >= 0.6 is 0 Å². The fourth-order valence-corrected chi connectivity index (χ4v) is 3.41. The molecule has 3 rings (SSSR count). The van der Waals surface area contributed by atoms with Crippen molar-refractivity contribution in [2.24, 2.45) is 9.98 Å². The topological polar surface area (TPSA) is 77.2 Å². The summed E-state index contributed by atoms with van der Waals surface area (Å²) in [5.41, 5.74) is 2.96. The van der Waals surface area contributed by atoms with Crippen LogP contribution in [-0.2, 0) is 0 Å². The number of nitrogens with zero attached hydrogens (tertiary/aromatic N) is 6. The number of allylic oxidation sites excluding steroid dienone is 2. The number of aliphatic imine (C=N–C) groups is 2. The summed E-state index contributed by atoms with van der Waals surface area (Å²) in [4.78, 5) is 12.8. The van der Waals surface area contributed by atoms with Gasteiger partial charge in [-0.1, -0.05) is 12.2 Å². The van der Waals surface area contributed by atoms with Crippen molar-refractivity contribution in [1.82, 2.24) is 15.1 Å². The fourth-order valence-electron chi connectivity index (χ4n) is 3.41. The molecular weight excluding hydrogens is 352 g/mol. The van der Waals surface area contributed by atoms with Crippen LogP contribution in [0.1, 0.15) is 32.1 Å². The standard InChI is InChI=1S/C21H28N6O/c1-16(18-4-6-19(7-5-18)23-11-10-22-3)26-12-14-27(15-13-26)21-9-8-20(17(2)28)24-25-21/h4-6,8-11,16-17,28H,3,7,12-15H2,1-2H3/b11-10-,23-19-. The van der Waals surface area contributed by atoms with Gasteiger partial charge in [-0.3, -0.25) is 14.9 Å². The molecule has 1 saturated heterocycles. The lowest BCUT2D eigenvalue weighted by Gasteiger charge is -2.39. The van der Waals surface area contributed by atoms with Gasteiger partial charge in [-0.25, -0.2) is 0 Å². The van der Waals surface area contributed by atoms with Crippen LogP contribution in [0.15, 0.2) is 58.3 Å². The van der Waals surface area contributed by atoms with Crippen molar-refractivity contribution in [2.45, 2.75) is 32.4 Å². The maximum Gasteiger partial charge on any atom is 0.151 e. The Hall–Kier alpha value is -2.64. The molecule has 0 amide bonds. The highest BCUT2D eigenvalue weighted by molar-refractivity contribution is 5.98. The fraction of sp³-hybridized carbons (Fsp3) is 0.429. The Bertz CT molecular complexity index is 786. The van der Waals surface area contributed by atoms with Gasteiger partial charge in [-0.2, -0.15) is 5.10 Å². The first-order valence-corrected chi connectivity index (χ1v) is 9.65. The van der Waals surface area contributed by atoms with E-state index in [-0.39, 0.29) is 0 Å². The van der Waals surface area contributed by atoms with Crippen molar-refractivity contribution in [3.63, 3.8) is 0 Å². The lowest BCUT2D eigenvalue weighted by molar-refractivity contribution is 0.193. The predicted molar refractivity (Wildman–Crippen MR) is 114 cm³/mol. The van der Waals surface area contributed by atoms with Crippen LogP contribution < -0.4 is 4.90 Å². The number of aliphatic hydroxyl groups is 1. The zero-order valence-electron chi connectivity index (χ0n) is 16.6. The molecular formula is C21H28N6O. The largest absolute Gasteiger partial charge is 0.387 e. The minimum absolute atomic E-state index is 0.369. The Morgan fingerprint density at radius 3 is 2.46 bits per heavy atom. The average molecular weight is 380 g/mol. The second kappa shape index (κ2) is 9.52. The van der Waals surface area contributed by atoms with Gasteiger partial charge in [0.1, 0.15) is 0 Å². The average Bonchev–Trinajstić information content (AvgIpc) is 2.74. The summed E-state index contributed by atoms with van der Waals surface area (Å²) >= 11 is 0. The highest BCUT2D eigenvalue weighted by atomic mass is 16.3. The third-order valence-corrected chi connectivity index (χ3v) is 5.20. The Labute approximate surface area is 166 Å². The van der Waals surface area contributed by atoms with Crippen molar-refractivity contribution in [1.29, 1.82) is 0 Å². The summed E-state index contributed by atoms with van der Waals surface area (Å²) in [6, 6.07) is 4.16. The van der Waals surface area contributed by atoms with E-state index < -0.39 is 6.10 Å². The third kappa shape index (κ3) is 4.99. The predicted octanol–water partition coefficient (Wildman–Crippen LogP) is 2.54. The molecule has 2 aliphatic rings. The number of anilines is 1. The van der Waals surface area contributed by atoms with E-state index in [0.717, 1.165) is 44.1 Å². The summed E-state index contributed by atoms with van der Waals surface area (Å²) in [6.45, 7) is 11.1. The van der Waals surface area contributed by atoms with Gasteiger partial charge >= 0.3 is 0 Å². The first kappa shape index (κ1) is 20.1. The number of aromatic nitrogens is 2. The molecule has 0 radical (unpaired) electrons. The molecule has 2 unspecified atom stereocenters. The molecule has 7 heteroatoms. The van der Waals surface area contributed by atoms with E-state index in [1.165, 1.54) is 5.57 Å². The molecule has 2 atom stereocenters. The zero-order chi connectivity index (χ0) is 19.9. The number of hydrogen-bond acceptors (Lipinski definition) is 7. The van der Waals surface area contributed by atoms with Gasteiger partial charge < -0.3 is 10.0 Å². The van der Waals surface area contributed by atoms with Gasteiger partial charge in [0.05, 0.1) is 11.8 Å². The summed E-state index contributed by atoms with van der Waals surface area (Å²) in [5.74, 6) is 0.872. The Kier molecular flexibility index (Phi) is 6.84. The minimum Gasteiger partial charge on any atom is -0.387 e. The SMILES string of the molecule is C=N/C=C\N=C1\C=CC(C(C)N2CCN(c3ccc(C(C)O)nn3)CC2)=CC1. The van der Waals surface area contributed by atoms with E-state index in [9.17, 15) is 5.11 Å². The van der Waals surface area contributed by atoms with Crippen LogP contribution in [0.3, 0.4) is 0 Å². The van der Waals surface area contributed by atoms with Crippen LogP contribution in [0.5, 0.6) is 0 Å². The van der Waals surface area contributed by atoms with Gasteiger partial charge in [0.2, 0.25) is 0 Å². The molecule has 148 valence electrons. The van der Waals surface area contributed by atoms with E-state index in [2.05, 4.69) is 61.9 Å². The molecule has 1 N–H and O–H groups in total. The van der Waals surface area contributed by atoms with Crippen molar-refractivity contribution in [3.8, 4) is 0 Å². The van der Waals surface area contributed by atoms with Crippen molar-refractivity contribution in [2.75, 3.05) is 31.1 Å². The monoisotopic (exact) mass is 380 g/mol. The van der Waals surface area contributed by atoms with Gasteiger partial charge in [-0.15, -0.1) is 5.10 Å². The van der Waals surface area contributed by atoms with Crippen molar-refractivity contribution in [3.05, 3.63) is 54.0 Å². The second-order valence-electron chi connectivity index (χ2n) is 7.03. The molecule has 1 aromatic heterocycles. The first-order valence-electron chi connectivity index (χ1n) is 9.65. The molecule has 2 heterocycles. The molecule has 1 aliphatic carbocycles. The molecule has 7 nitrogen and oxygen atoms in total. The van der Waals surface area contributed by atoms with Gasteiger partial charge in [0, 0.05) is 56.8 Å². The van der Waals surface area contributed by atoms with Crippen LogP contribution in [0.25, 0.3) is 0 Å². The molecule has 0 spiro atoms. The van der Waals surface area contributed by atoms with E-state index in [4.69, 9.17) is 0 Å². The molecule has 1 aromatic rings. The Balaban J connectivity index is 1.53. The lowest BCUT2D eigenvalue weighted by atomic mass is 9.98. The Morgan fingerprint density at radius 1 is 1.11 bits per heavy atom.